The minimum Gasteiger partial charge on any atom is -0.369 e. The van der Waals surface area contributed by atoms with E-state index >= 15 is 0 Å². The molecule has 5 N–H and O–H groups in total. The summed E-state index contributed by atoms with van der Waals surface area (Å²) < 4.78 is 0. The van der Waals surface area contributed by atoms with Crippen LogP contribution in [0.25, 0.3) is 0 Å². The van der Waals surface area contributed by atoms with Crippen molar-refractivity contribution < 1.29 is 28.8 Å². The predicted molar refractivity (Wildman–Crippen MR) is 199 cm³/mol. The Morgan fingerprint density at radius 1 is 0.519 bits per heavy atom. The number of nitrogens with one attached hydrogen (secondary N) is 3. The SMILES string of the molecule is CC1C[C@@H]1NC(=O)[C@@H]1CN(C(=O)c2ccc(C(=O)N3C[C@@H](C(N)=O)[C@H](C(=O)NC4C[C@@H]4c4ccccc4)C3)cc2)C[C@H]1C(=O)N[C@H]1C[C@@H]1c1ccccc1. The number of primary amides is 1. The molecule has 3 aromatic rings. The van der Waals surface area contributed by atoms with Crippen molar-refractivity contribution in [3.63, 3.8) is 0 Å². The van der Waals surface area contributed by atoms with Crippen LogP contribution in [0.3, 0.4) is 0 Å². The van der Waals surface area contributed by atoms with Crippen molar-refractivity contribution in [1.29, 1.82) is 0 Å². The Bertz CT molecular complexity index is 1960. The number of amides is 6. The fourth-order valence-electron chi connectivity index (χ4n) is 8.38. The molecule has 54 heavy (non-hydrogen) atoms. The number of hydrogen-bond acceptors (Lipinski definition) is 6. The molecule has 2 unspecified atom stereocenters. The quantitative estimate of drug-likeness (QED) is 0.236. The molecule has 3 aromatic carbocycles. The lowest BCUT2D eigenvalue weighted by atomic mass is 9.94. The van der Waals surface area contributed by atoms with Crippen molar-refractivity contribution in [2.45, 2.75) is 56.1 Å². The van der Waals surface area contributed by atoms with E-state index in [1.807, 2.05) is 60.7 Å². The second-order valence-corrected chi connectivity index (χ2v) is 15.9. The van der Waals surface area contributed by atoms with Crippen LogP contribution in [-0.4, -0.2) is 89.5 Å². The topological polar surface area (TPSA) is 171 Å². The Hall–Kier alpha value is -5.52. The summed E-state index contributed by atoms with van der Waals surface area (Å²) in [7, 11) is 0. The molecule has 6 amide bonds. The molecule has 12 nitrogen and oxygen atoms in total. The number of benzene rings is 3. The van der Waals surface area contributed by atoms with E-state index in [-0.39, 0.29) is 85.7 Å². The molecule has 10 atom stereocenters. The fraction of sp³-hybridized carbons (Fsp3) is 0.429. The molecule has 0 radical (unpaired) electrons. The van der Waals surface area contributed by atoms with E-state index in [2.05, 4.69) is 22.9 Å². The zero-order chi connectivity index (χ0) is 37.7. The maximum atomic E-state index is 13.8. The van der Waals surface area contributed by atoms with Gasteiger partial charge in [0.1, 0.15) is 0 Å². The van der Waals surface area contributed by atoms with Crippen LogP contribution >= 0.6 is 0 Å². The number of hydrogen-bond donors (Lipinski definition) is 4. The molecule has 0 bridgehead atoms. The van der Waals surface area contributed by atoms with E-state index in [4.69, 9.17) is 5.73 Å². The van der Waals surface area contributed by atoms with Gasteiger partial charge in [-0.2, -0.15) is 0 Å². The summed E-state index contributed by atoms with van der Waals surface area (Å²) in [6.07, 6.45) is 2.54. The maximum Gasteiger partial charge on any atom is 0.253 e. The van der Waals surface area contributed by atoms with E-state index < -0.39 is 29.6 Å². The molecular formula is C42H46N6O6. The van der Waals surface area contributed by atoms with Gasteiger partial charge >= 0.3 is 0 Å². The summed E-state index contributed by atoms with van der Waals surface area (Å²) in [5.41, 5.74) is 8.63. The molecule has 8 rings (SSSR count). The number of nitrogens with two attached hydrogens (primary N) is 1. The summed E-state index contributed by atoms with van der Waals surface area (Å²) in [6.45, 7) is 2.35. The molecule has 280 valence electrons. The minimum absolute atomic E-state index is 0.00869. The summed E-state index contributed by atoms with van der Waals surface area (Å²) in [5, 5.41) is 9.26. The van der Waals surface area contributed by atoms with Crippen molar-refractivity contribution in [2.24, 2.45) is 35.3 Å². The lowest BCUT2D eigenvalue weighted by molar-refractivity contribution is -0.133. The molecule has 12 heteroatoms. The Labute approximate surface area is 314 Å². The highest BCUT2D eigenvalue weighted by atomic mass is 16.2. The third-order valence-corrected chi connectivity index (χ3v) is 12.1. The van der Waals surface area contributed by atoms with Gasteiger partial charge < -0.3 is 31.5 Å². The average molecular weight is 731 g/mol. The van der Waals surface area contributed by atoms with Crippen LogP contribution in [0.4, 0.5) is 0 Å². The summed E-state index contributed by atoms with van der Waals surface area (Å²) in [5.74, 6) is -4.18. The van der Waals surface area contributed by atoms with Gasteiger partial charge in [0, 0.05) is 67.3 Å². The number of rotatable bonds is 11. The molecule has 5 aliphatic rings. The van der Waals surface area contributed by atoms with E-state index in [9.17, 15) is 28.8 Å². The Balaban J connectivity index is 0.897. The lowest BCUT2D eigenvalue weighted by Crippen LogP contribution is -2.43. The van der Waals surface area contributed by atoms with Gasteiger partial charge in [-0.1, -0.05) is 67.6 Å². The summed E-state index contributed by atoms with van der Waals surface area (Å²) in [4.78, 5) is 83.2. The highest BCUT2D eigenvalue weighted by Crippen LogP contribution is 2.42. The van der Waals surface area contributed by atoms with Crippen LogP contribution in [0, 0.1) is 29.6 Å². The first-order chi connectivity index (χ1) is 26.0. The smallest absolute Gasteiger partial charge is 0.253 e. The van der Waals surface area contributed by atoms with Gasteiger partial charge in [-0.15, -0.1) is 0 Å². The Morgan fingerprint density at radius 3 is 1.24 bits per heavy atom. The van der Waals surface area contributed by atoms with E-state index in [0.29, 0.717) is 17.0 Å². The van der Waals surface area contributed by atoms with Gasteiger partial charge in [0.15, 0.2) is 0 Å². The molecule has 2 aliphatic heterocycles. The zero-order valence-electron chi connectivity index (χ0n) is 30.2. The fourth-order valence-corrected chi connectivity index (χ4v) is 8.38. The zero-order valence-corrected chi connectivity index (χ0v) is 30.2. The Kier molecular flexibility index (Phi) is 9.45. The standard InChI is InChI=1S/C42H46N6O6/c1-23-16-34(23)44-39(51)32-21-48(22-33(32)40(52)46-36-18-29(36)25-10-6-3-7-11-25)42(54)27-14-12-26(13-15-27)41(53)47-19-30(37(43)49)31(20-47)38(50)45-35-17-28(35)24-8-4-2-5-9-24/h2-15,23,28-36H,16-22H2,1H3,(H2,43,49)(H,44,51)(H,45,50)(H,46,52)/t23?,28-,29-,30-,31-,32-,33-,34+,35?,36+/m1/s1. The highest BCUT2D eigenvalue weighted by molar-refractivity contribution is 6.00. The highest BCUT2D eigenvalue weighted by Gasteiger charge is 2.49. The monoisotopic (exact) mass is 730 g/mol. The van der Waals surface area contributed by atoms with Gasteiger partial charge in [-0.25, -0.2) is 0 Å². The van der Waals surface area contributed by atoms with Crippen molar-refractivity contribution in [1.82, 2.24) is 25.8 Å². The third-order valence-electron chi connectivity index (χ3n) is 12.1. The van der Waals surface area contributed by atoms with Crippen LogP contribution in [-0.2, 0) is 19.2 Å². The van der Waals surface area contributed by atoms with Crippen LogP contribution in [0.15, 0.2) is 84.9 Å². The molecule has 2 heterocycles. The Morgan fingerprint density at radius 2 is 0.870 bits per heavy atom. The lowest BCUT2D eigenvalue weighted by Gasteiger charge is -2.18. The first-order valence-corrected chi connectivity index (χ1v) is 19.0. The van der Waals surface area contributed by atoms with Gasteiger partial charge in [-0.05, 0) is 60.6 Å². The molecule has 3 aliphatic carbocycles. The second-order valence-electron chi connectivity index (χ2n) is 15.9. The first-order valence-electron chi connectivity index (χ1n) is 19.0. The molecule has 0 spiro atoms. The molecule has 3 saturated carbocycles. The van der Waals surface area contributed by atoms with E-state index in [1.165, 1.54) is 10.5 Å². The van der Waals surface area contributed by atoms with Gasteiger partial charge in [0.2, 0.25) is 23.6 Å². The summed E-state index contributed by atoms with van der Waals surface area (Å²) >= 11 is 0. The molecule has 5 fully saturated rings. The minimum atomic E-state index is -0.818. The van der Waals surface area contributed by atoms with Gasteiger partial charge in [0.05, 0.1) is 23.7 Å². The van der Waals surface area contributed by atoms with Crippen LogP contribution < -0.4 is 21.7 Å². The largest absolute Gasteiger partial charge is 0.369 e. The molecule has 0 aromatic heterocycles. The second kappa shape index (κ2) is 14.4. The van der Waals surface area contributed by atoms with Gasteiger partial charge in [0.25, 0.3) is 11.8 Å². The number of carbonyl (C=O) groups is 6. The number of likely N-dealkylation sites (tertiary alicyclic amines) is 2. The van der Waals surface area contributed by atoms with Crippen LogP contribution in [0.2, 0.25) is 0 Å². The molecule has 2 saturated heterocycles. The predicted octanol–water partition coefficient (Wildman–Crippen LogP) is 2.42. The van der Waals surface area contributed by atoms with Crippen molar-refractivity contribution in [3.8, 4) is 0 Å². The van der Waals surface area contributed by atoms with E-state index in [1.54, 1.807) is 29.2 Å². The third kappa shape index (κ3) is 7.34. The van der Waals surface area contributed by atoms with E-state index in [0.717, 1.165) is 24.8 Å². The summed E-state index contributed by atoms with van der Waals surface area (Å²) in [6, 6.07) is 26.2. The van der Waals surface area contributed by atoms with Crippen molar-refractivity contribution in [2.75, 3.05) is 26.2 Å². The van der Waals surface area contributed by atoms with Crippen molar-refractivity contribution in [3.05, 3.63) is 107 Å². The van der Waals surface area contributed by atoms with Gasteiger partial charge in [-0.3, -0.25) is 28.8 Å². The molecular weight excluding hydrogens is 684 g/mol. The van der Waals surface area contributed by atoms with Crippen LogP contribution in [0.5, 0.6) is 0 Å². The van der Waals surface area contributed by atoms with Crippen LogP contribution in [0.1, 0.15) is 69.9 Å². The number of nitrogens with zero attached hydrogens (tertiary/aromatic N) is 2. The average Bonchev–Trinajstić information content (AvgIpc) is 4.14. The van der Waals surface area contributed by atoms with Crippen molar-refractivity contribution >= 4 is 35.4 Å². The first kappa shape index (κ1) is 35.5. The number of carbonyl (C=O) groups excluding carboxylic acids is 6. The normalized spacial score (nSPS) is 30.6. The maximum absolute atomic E-state index is 13.8.